The molecule has 1 atom stereocenters. The molecule has 1 aromatic carbocycles. The van der Waals surface area contributed by atoms with Crippen LogP contribution in [0.1, 0.15) is 24.0 Å². The Morgan fingerprint density at radius 3 is 3.11 bits per heavy atom. The van der Waals surface area contributed by atoms with E-state index in [1.165, 1.54) is 43.6 Å². The van der Waals surface area contributed by atoms with Gasteiger partial charge in [-0.1, -0.05) is 6.07 Å². The highest BCUT2D eigenvalue weighted by Crippen LogP contribution is 2.24. The van der Waals surface area contributed by atoms with Crippen molar-refractivity contribution >= 4 is 0 Å². The number of nitrogens with zero attached hydrogens (tertiary/aromatic N) is 1. The number of hydrogen-bond donors (Lipinski definition) is 2. The van der Waals surface area contributed by atoms with Crippen molar-refractivity contribution in [3.63, 3.8) is 0 Å². The van der Waals surface area contributed by atoms with E-state index in [-0.39, 0.29) is 0 Å². The average molecular weight is 246 g/mol. The van der Waals surface area contributed by atoms with Gasteiger partial charge < -0.3 is 10.4 Å². The van der Waals surface area contributed by atoms with E-state index in [0.29, 0.717) is 5.75 Å². The highest BCUT2D eigenvalue weighted by atomic mass is 16.3. The van der Waals surface area contributed by atoms with Gasteiger partial charge in [0.1, 0.15) is 5.75 Å². The van der Waals surface area contributed by atoms with Crippen molar-refractivity contribution < 1.29 is 5.11 Å². The van der Waals surface area contributed by atoms with Crippen molar-refractivity contribution in [1.82, 2.24) is 10.2 Å². The lowest BCUT2D eigenvalue weighted by atomic mass is 9.95. The van der Waals surface area contributed by atoms with Crippen molar-refractivity contribution in [1.29, 1.82) is 0 Å². The number of nitrogens with one attached hydrogen (secondary N) is 1. The number of hydrogen-bond acceptors (Lipinski definition) is 3. The largest absolute Gasteiger partial charge is 0.508 e. The van der Waals surface area contributed by atoms with Crippen LogP contribution in [0.4, 0.5) is 0 Å². The van der Waals surface area contributed by atoms with Crippen LogP contribution >= 0.6 is 0 Å². The van der Waals surface area contributed by atoms with Crippen molar-refractivity contribution in [2.24, 2.45) is 5.92 Å². The van der Waals surface area contributed by atoms with Gasteiger partial charge in [0.15, 0.2) is 0 Å². The average Bonchev–Trinajstić information content (AvgIpc) is 2.39. The SMILES string of the molecule is Oc1ccc2c(c1)CN(CC1CCCNC1)CC2. The van der Waals surface area contributed by atoms with Gasteiger partial charge in [0.2, 0.25) is 0 Å². The first-order valence-corrected chi connectivity index (χ1v) is 7.05. The lowest BCUT2D eigenvalue weighted by Gasteiger charge is -2.33. The summed E-state index contributed by atoms with van der Waals surface area (Å²) in [4.78, 5) is 2.54. The minimum atomic E-state index is 0.398. The van der Waals surface area contributed by atoms with E-state index in [2.05, 4.69) is 16.3 Å². The van der Waals surface area contributed by atoms with E-state index in [1.54, 1.807) is 6.07 Å². The summed E-state index contributed by atoms with van der Waals surface area (Å²) in [7, 11) is 0. The number of piperidine rings is 1. The van der Waals surface area contributed by atoms with E-state index in [9.17, 15) is 5.11 Å². The predicted molar refractivity (Wildman–Crippen MR) is 72.7 cm³/mol. The number of benzene rings is 1. The third-order valence-corrected chi connectivity index (χ3v) is 4.20. The van der Waals surface area contributed by atoms with Gasteiger partial charge in [0, 0.05) is 19.6 Å². The molecule has 2 N–H and O–H groups in total. The Balaban J connectivity index is 1.63. The van der Waals surface area contributed by atoms with E-state index in [4.69, 9.17) is 0 Å². The Bertz CT molecular complexity index is 413. The van der Waals surface area contributed by atoms with Gasteiger partial charge in [0.05, 0.1) is 0 Å². The molecule has 0 radical (unpaired) electrons. The van der Waals surface area contributed by atoms with Gasteiger partial charge in [-0.15, -0.1) is 0 Å². The summed E-state index contributed by atoms with van der Waals surface area (Å²) < 4.78 is 0. The maximum absolute atomic E-state index is 9.57. The molecule has 2 aliphatic heterocycles. The Labute approximate surface area is 109 Å². The van der Waals surface area contributed by atoms with Crippen LogP contribution < -0.4 is 5.32 Å². The van der Waals surface area contributed by atoms with Gasteiger partial charge >= 0.3 is 0 Å². The Morgan fingerprint density at radius 2 is 2.28 bits per heavy atom. The molecule has 1 aromatic rings. The highest BCUT2D eigenvalue weighted by Gasteiger charge is 2.21. The first-order valence-electron chi connectivity index (χ1n) is 7.05. The second-order valence-corrected chi connectivity index (χ2v) is 5.65. The molecule has 3 nitrogen and oxygen atoms in total. The Kier molecular flexibility index (Phi) is 3.52. The van der Waals surface area contributed by atoms with Gasteiger partial charge in [-0.2, -0.15) is 0 Å². The van der Waals surface area contributed by atoms with Crippen LogP contribution in [-0.4, -0.2) is 36.2 Å². The molecule has 0 spiro atoms. The summed E-state index contributed by atoms with van der Waals surface area (Å²) in [6, 6.07) is 5.81. The minimum Gasteiger partial charge on any atom is -0.508 e. The zero-order valence-corrected chi connectivity index (χ0v) is 10.9. The molecule has 3 rings (SSSR count). The zero-order valence-electron chi connectivity index (χ0n) is 10.9. The molecule has 3 heteroatoms. The first kappa shape index (κ1) is 12.0. The molecule has 0 saturated carbocycles. The van der Waals surface area contributed by atoms with E-state index in [1.807, 2.05) is 6.07 Å². The summed E-state index contributed by atoms with van der Waals surface area (Å²) >= 11 is 0. The molecule has 98 valence electrons. The molecule has 2 heterocycles. The first-order chi connectivity index (χ1) is 8.81. The number of rotatable bonds is 2. The number of fused-ring (bicyclic) bond motifs is 1. The monoisotopic (exact) mass is 246 g/mol. The standard InChI is InChI=1S/C15H22N2O/c18-15-4-3-13-5-7-17(11-14(13)8-15)10-12-2-1-6-16-9-12/h3-4,8,12,16,18H,1-2,5-7,9-11H2. The summed E-state index contributed by atoms with van der Waals surface area (Å²) in [5.41, 5.74) is 2.72. The van der Waals surface area contributed by atoms with Crippen LogP contribution in [0.25, 0.3) is 0 Å². The number of aromatic hydroxyl groups is 1. The number of phenolic OH excluding ortho intramolecular Hbond substituents is 1. The lowest BCUT2D eigenvalue weighted by Crippen LogP contribution is -2.40. The van der Waals surface area contributed by atoms with E-state index in [0.717, 1.165) is 25.4 Å². The smallest absolute Gasteiger partial charge is 0.115 e. The van der Waals surface area contributed by atoms with E-state index < -0.39 is 0 Å². The minimum absolute atomic E-state index is 0.398. The van der Waals surface area contributed by atoms with Crippen LogP contribution in [0.3, 0.4) is 0 Å². The zero-order chi connectivity index (χ0) is 12.4. The second kappa shape index (κ2) is 5.29. The molecule has 1 fully saturated rings. The quantitative estimate of drug-likeness (QED) is 0.834. The fraction of sp³-hybridized carbons (Fsp3) is 0.600. The molecule has 1 unspecified atom stereocenters. The molecule has 18 heavy (non-hydrogen) atoms. The normalized spacial score (nSPS) is 24.8. The van der Waals surface area contributed by atoms with Crippen molar-refractivity contribution in [3.05, 3.63) is 29.3 Å². The fourth-order valence-corrected chi connectivity index (χ4v) is 3.20. The molecular weight excluding hydrogens is 224 g/mol. The second-order valence-electron chi connectivity index (χ2n) is 5.65. The molecule has 1 saturated heterocycles. The summed E-state index contributed by atoms with van der Waals surface area (Å²) in [5.74, 6) is 1.20. The van der Waals surface area contributed by atoms with Gasteiger partial charge in [-0.3, -0.25) is 4.90 Å². The predicted octanol–water partition coefficient (Wildman–Crippen LogP) is 1.75. The van der Waals surface area contributed by atoms with E-state index >= 15 is 0 Å². The lowest BCUT2D eigenvalue weighted by molar-refractivity contribution is 0.193. The van der Waals surface area contributed by atoms with Crippen molar-refractivity contribution in [2.75, 3.05) is 26.2 Å². The Morgan fingerprint density at radius 1 is 1.33 bits per heavy atom. The molecule has 0 aliphatic carbocycles. The third-order valence-electron chi connectivity index (χ3n) is 4.20. The molecule has 0 amide bonds. The summed E-state index contributed by atoms with van der Waals surface area (Å²) in [5, 5.41) is 13.1. The van der Waals surface area contributed by atoms with Crippen LogP contribution in [-0.2, 0) is 13.0 Å². The highest BCUT2D eigenvalue weighted by molar-refractivity contribution is 5.36. The molecular formula is C15H22N2O. The maximum Gasteiger partial charge on any atom is 0.115 e. The van der Waals surface area contributed by atoms with Gasteiger partial charge in [0.25, 0.3) is 0 Å². The van der Waals surface area contributed by atoms with Crippen LogP contribution in [0.5, 0.6) is 5.75 Å². The van der Waals surface area contributed by atoms with Crippen LogP contribution in [0.15, 0.2) is 18.2 Å². The topological polar surface area (TPSA) is 35.5 Å². The third kappa shape index (κ3) is 2.68. The summed E-state index contributed by atoms with van der Waals surface area (Å²) in [6.07, 6.45) is 3.79. The molecule has 0 aromatic heterocycles. The van der Waals surface area contributed by atoms with Crippen molar-refractivity contribution in [2.45, 2.75) is 25.8 Å². The van der Waals surface area contributed by atoms with Crippen LogP contribution in [0, 0.1) is 5.92 Å². The number of phenols is 1. The summed E-state index contributed by atoms with van der Waals surface area (Å²) in [6.45, 7) is 5.72. The Hall–Kier alpha value is -1.06. The molecule has 0 bridgehead atoms. The van der Waals surface area contributed by atoms with Crippen molar-refractivity contribution in [3.8, 4) is 5.75 Å². The van der Waals surface area contributed by atoms with Gasteiger partial charge in [-0.05, 0) is 61.5 Å². The molecule has 2 aliphatic rings. The fourth-order valence-electron chi connectivity index (χ4n) is 3.20. The van der Waals surface area contributed by atoms with Crippen LogP contribution in [0.2, 0.25) is 0 Å². The van der Waals surface area contributed by atoms with Gasteiger partial charge in [-0.25, -0.2) is 0 Å². The maximum atomic E-state index is 9.57.